The smallest absolute Gasteiger partial charge is 0.307 e. The van der Waals surface area contributed by atoms with E-state index < -0.39 is 11.4 Å². The van der Waals surface area contributed by atoms with Crippen LogP contribution in [0.5, 0.6) is 0 Å². The van der Waals surface area contributed by atoms with Gasteiger partial charge in [0.25, 0.3) is 0 Å². The van der Waals surface area contributed by atoms with Crippen LogP contribution in [0.3, 0.4) is 0 Å². The summed E-state index contributed by atoms with van der Waals surface area (Å²) in [6, 6.07) is 0.124. The maximum Gasteiger partial charge on any atom is 0.307 e. The second-order valence-corrected chi connectivity index (χ2v) is 7.77. The van der Waals surface area contributed by atoms with Gasteiger partial charge in [-0.15, -0.1) is 0 Å². The molecule has 1 fully saturated rings. The SMILES string of the molecule is CC[C@H]1OC(C)(C)O[C@H]1[C@H](CC(=O)OC(C)(C)C)NC(C)C. The first-order chi connectivity index (χ1) is 9.93. The third-order valence-electron chi connectivity index (χ3n) is 3.37. The van der Waals surface area contributed by atoms with Crippen LogP contribution in [-0.2, 0) is 19.0 Å². The van der Waals surface area contributed by atoms with Crippen LogP contribution in [0.1, 0.15) is 68.2 Å². The van der Waals surface area contributed by atoms with E-state index in [1.165, 1.54) is 0 Å². The molecule has 1 saturated heterocycles. The van der Waals surface area contributed by atoms with Crippen molar-refractivity contribution in [2.24, 2.45) is 0 Å². The van der Waals surface area contributed by atoms with Crippen LogP contribution in [0, 0.1) is 0 Å². The second kappa shape index (κ2) is 7.28. The third kappa shape index (κ3) is 6.23. The Balaban J connectivity index is 2.81. The topological polar surface area (TPSA) is 56.8 Å². The Labute approximate surface area is 135 Å². The van der Waals surface area contributed by atoms with Gasteiger partial charge in [-0.2, -0.15) is 0 Å². The molecule has 0 aromatic rings. The van der Waals surface area contributed by atoms with Gasteiger partial charge >= 0.3 is 5.97 Å². The van der Waals surface area contributed by atoms with Gasteiger partial charge in [0, 0.05) is 12.1 Å². The van der Waals surface area contributed by atoms with E-state index in [-0.39, 0.29) is 36.7 Å². The zero-order valence-corrected chi connectivity index (χ0v) is 15.4. The van der Waals surface area contributed by atoms with Crippen molar-refractivity contribution in [1.82, 2.24) is 5.32 Å². The fourth-order valence-corrected chi connectivity index (χ4v) is 2.78. The molecule has 5 heteroatoms. The average molecular weight is 315 g/mol. The van der Waals surface area contributed by atoms with E-state index in [9.17, 15) is 4.79 Å². The Morgan fingerprint density at radius 2 is 1.86 bits per heavy atom. The van der Waals surface area contributed by atoms with Crippen molar-refractivity contribution in [3.8, 4) is 0 Å². The summed E-state index contributed by atoms with van der Waals surface area (Å²) in [6.07, 6.45) is 0.943. The summed E-state index contributed by atoms with van der Waals surface area (Å²) in [5, 5.41) is 3.43. The van der Waals surface area contributed by atoms with E-state index in [0.717, 1.165) is 6.42 Å². The number of carbonyl (C=O) groups is 1. The summed E-state index contributed by atoms with van der Waals surface area (Å²) in [4.78, 5) is 12.2. The van der Waals surface area contributed by atoms with Crippen LogP contribution in [0.15, 0.2) is 0 Å². The average Bonchev–Trinajstić information content (AvgIpc) is 2.60. The van der Waals surface area contributed by atoms with E-state index in [4.69, 9.17) is 14.2 Å². The van der Waals surface area contributed by atoms with Gasteiger partial charge in [0.05, 0.1) is 12.5 Å². The molecule has 1 rings (SSSR count). The largest absolute Gasteiger partial charge is 0.460 e. The van der Waals surface area contributed by atoms with Crippen LogP contribution in [0.4, 0.5) is 0 Å². The molecular formula is C17H33NO4. The van der Waals surface area contributed by atoms with Crippen LogP contribution < -0.4 is 5.32 Å². The first-order valence-electron chi connectivity index (χ1n) is 8.27. The maximum absolute atomic E-state index is 12.2. The van der Waals surface area contributed by atoms with Gasteiger partial charge in [-0.25, -0.2) is 0 Å². The van der Waals surface area contributed by atoms with Gasteiger partial charge in [0.15, 0.2) is 5.79 Å². The fraction of sp³-hybridized carbons (Fsp3) is 0.941. The number of ether oxygens (including phenoxy) is 3. The molecule has 0 aliphatic carbocycles. The number of hydrogen-bond acceptors (Lipinski definition) is 5. The molecule has 0 spiro atoms. The lowest BCUT2D eigenvalue weighted by atomic mass is 9.99. The monoisotopic (exact) mass is 315 g/mol. The molecular weight excluding hydrogens is 282 g/mol. The van der Waals surface area contributed by atoms with Crippen molar-refractivity contribution in [2.45, 2.75) is 104 Å². The van der Waals surface area contributed by atoms with Gasteiger partial charge in [-0.3, -0.25) is 4.79 Å². The summed E-state index contributed by atoms with van der Waals surface area (Å²) in [6.45, 7) is 15.6. The lowest BCUT2D eigenvalue weighted by Crippen LogP contribution is -2.49. The van der Waals surface area contributed by atoms with Gasteiger partial charge in [-0.1, -0.05) is 20.8 Å². The first-order valence-corrected chi connectivity index (χ1v) is 8.27. The Kier molecular flexibility index (Phi) is 6.42. The van der Waals surface area contributed by atoms with E-state index in [1.807, 2.05) is 34.6 Å². The molecule has 0 aromatic heterocycles. The minimum absolute atomic E-state index is 0.0197. The number of nitrogens with one attached hydrogen (secondary N) is 1. The molecule has 0 unspecified atom stereocenters. The molecule has 1 heterocycles. The van der Waals surface area contributed by atoms with E-state index >= 15 is 0 Å². The highest BCUT2D eigenvalue weighted by atomic mass is 16.8. The summed E-state index contributed by atoms with van der Waals surface area (Å²) in [5.41, 5.74) is -0.476. The molecule has 3 atom stereocenters. The molecule has 1 N–H and O–H groups in total. The van der Waals surface area contributed by atoms with E-state index in [2.05, 4.69) is 26.1 Å². The van der Waals surface area contributed by atoms with Crippen molar-refractivity contribution in [2.75, 3.05) is 0 Å². The fourth-order valence-electron chi connectivity index (χ4n) is 2.78. The van der Waals surface area contributed by atoms with Crippen molar-refractivity contribution in [3.63, 3.8) is 0 Å². The van der Waals surface area contributed by atoms with Crippen molar-refractivity contribution < 1.29 is 19.0 Å². The zero-order chi connectivity index (χ0) is 17.1. The Bertz CT molecular complexity index is 373. The number of hydrogen-bond donors (Lipinski definition) is 1. The van der Waals surface area contributed by atoms with Gasteiger partial charge in [0.1, 0.15) is 11.7 Å². The highest BCUT2D eigenvalue weighted by Gasteiger charge is 2.45. The van der Waals surface area contributed by atoms with Crippen LogP contribution >= 0.6 is 0 Å². The lowest BCUT2D eigenvalue weighted by molar-refractivity contribution is -0.160. The molecule has 0 aromatic carbocycles. The quantitative estimate of drug-likeness (QED) is 0.764. The molecule has 0 bridgehead atoms. The van der Waals surface area contributed by atoms with Crippen LogP contribution in [0.2, 0.25) is 0 Å². The lowest BCUT2D eigenvalue weighted by Gasteiger charge is -2.29. The summed E-state index contributed by atoms with van der Waals surface area (Å²) >= 11 is 0. The third-order valence-corrected chi connectivity index (χ3v) is 3.37. The normalized spacial score (nSPS) is 26.2. The molecule has 0 amide bonds. The van der Waals surface area contributed by atoms with Crippen molar-refractivity contribution >= 4 is 5.97 Å². The minimum atomic E-state index is -0.615. The van der Waals surface area contributed by atoms with E-state index in [1.54, 1.807) is 0 Å². The van der Waals surface area contributed by atoms with Gasteiger partial charge in [-0.05, 0) is 41.0 Å². The Hall–Kier alpha value is -0.650. The van der Waals surface area contributed by atoms with E-state index in [0.29, 0.717) is 0 Å². The summed E-state index contributed by atoms with van der Waals surface area (Å²) in [5.74, 6) is -0.829. The predicted molar refractivity (Wildman–Crippen MR) is 86.6 cm³/mol. The minimum Gasteiger partial charge on any atom is -0.460 e. The Morgan fingerprint density at radius 1 is 1.27 bits per heavy atom. The van der Waals surface area contributed by atoms with Gasteiger partial charge in [0.2, 0.25) is 0 Å². The maximum atomic E-state index is 12.2. The highest BCUT2D eigenvalue weighted by Crippen LogP contribution is 2.32. The standard InChI is InChI=1S/C17H33NO4/c1-9-13-15(22-17(7,8)20-13)12(18-11(2)3)10-14(19)21-16(4,5)6/h11-13,15,18H,9-10H2,1-8H3/t12-,13+,15-/m0/s1. The van der Waals surface area contributed by atoms with Crippen LogP contribution in [0.25, 0.3) is 0 Å². The summed E-state index contributed by atoms with van der Waals surface area (Å²) < 4.78 is 17.4. The first kappa shape index (κ1) is 19.4. The van der Waals surface area contributed by atoms with Gasteiger partial charge < -0.3 is 19.5 Å². The zero-order valence-electron chi connectivity index (χ0n) is 15.4. The Morgan fingerprint density at radius 3 is 2.32 bits per heavy atom. The van der Waals surface area contributed by atoms with Crippen molar-refractivity contribution in [3.05, 3.63) is 0 Å². The van der Waals surface area contributed by atoms with Crippen molar-refractivity contribution in [1.29, 1.82) is 0 Å². The molecule has 0 saturated carbocycles. The number of rotatable bonds is 6. The molecule has 22 heavy (non-hydrogen) atoms. The summed E-state index contributed by atoms with van der Waals surface area (Å²) in [7, 11) is 0. The highest BCUT2D eigenvalue weighted by molar-refractivity contribution is 5.70. The van der Waals surface area contributed by atoms with Crippen LogP contribution in [-0.4, -0.2) is 41.6 Å². The second-order valence-electron chi connectivity index (χ2n) is 7.77. The molecule has 1 aliphatic heterocycles. The molecule has 130 valence electrons. The number of esters is 1. The molecule has 5 nitrogen and oxygen atoms in total. The number of carbonyl (C=O) groups excluding carboxylic acids is 1. The predicted octanol–water partition coefficient (Wildman–Crippen LogP) is 3.01. The molecule has 1 aliphatic rings. The molecule has 0 radical (unpaired) electrons.